The van der Waals surface area contributed by atoms with Crippen LogP contribution in [-0.2, 0) is 9.36 Å². The van der Waals surface area contributed by atoms with Crippen LogP contribution >= 0.6 is 31.4 Å². The largest absolute Gasteiger partial charge is 0.341 e. The average molecular weight is 303 g/mol. The highest BCUT2D eigenvalue weighted by molar-refractivity contribution is 7.61. The Hall–Kier alpha value is 0.180. The third-order valence-electron chi connectivity index (χ3n) is 2.19. The Labute approximate surface area is 114 Å². The maximum atomic E-state index is 11.5. The molecule has 0 fully saturated rings. The number of unbranched alkanes of at least 4 members (excludes halogenated alkanes) is 4. The first-order chi connectivity index (χ1) is 7.48. The second-order valence-electron chi connectivity index (χ2n) is 3.82. The van der Waals surface area contributed by atoms with E-state index in [0.29, 0.717) is 0 Å². The van der Waals surface area contributed by atoms with Crippen LogP contribution in [0.15, 0.2) is 11.9 Å². The molecule has 0 aliphatic carbocycles. The molecule has 17 heavy (non-hydrogen) atoms. The number of carbonyl (C=O) groups is 1. The summed E-state index contributed by atoms with van der Waals surface area (Å²) in [7, 11) is -3.29. The number of carbonyl (C=O) groups excluding carboxylic acids is 1. The summed E-state index contributed by atoms with van der Waals surface area (Å²) < 4.78 is 11.5. The summed E-state index contributed by atoms with van der Waals surface area (Å²) in [6.45, 7) is 2.14. The smallest absolute Gasteiger partial charge is 0.222 e. The van der Waals surface area contributed by atoms with Crippen molar-refractivity contribution in [2.75, 3.05) is 6.16 Å². The van der Waals surface area contributed by atoms with Gasteiger partial charge in [0.25, 0.3) is 0 Å². The van der Waals surface area contributed by atoms with Gasteiger partial charge in [0, 0.05) is 12.6 Å². The van der Waals surface area contributed by atoms with Crippen molar-refractivity contribution in [2.24, 2.45) is 0 Å². The number of halogens is 2. The van der Waals surface area contributed by atoms with E-state index in [4.69, 9.17) is 11.6 Å². The lowest BCUT2D eigenvalue weighted by Crippen LogP contribution is -1.92. The van der Waals surface area contributed by atoms with Gasteiger partial charge >= 0.3 is 0 Å². The van der Waals surface area contributed by atoms with Crippen LogP contribution < -0.4 is 0 Å². The maximum Gasteiger partial charge on any atom is 0.222 e. The second-order valence-corrected chi connectivity index (χ2v) is 6.50. The first-order valence-electron chi connectivity index (χ1n) is 5.65. The van der Waals surface area contributed by atoms with Gasteiger partial charge in [-0.15, -0.1) is 12.4 Å². The van der Waals surface area contributed by atoms with Gasteiger partial charge in [-0.1, -0.05) is 32.3 Å². The van der Waals surface area contributed by atoms with E-state index >= 15 is 0 Å². The van der Waals surface area contributed by atoms with E-state index in [9.17, 15) is 14.3 Å². The van der Waals surface area contributed by atoms with E-state index in [-0.39, 0.29) is 25.0 Å². The number of rotatable bonds is 9. The van der Waals surface area contributed by atoms with E-state index in [1.807, 2.05) is 0 Å². The molecule has 0 aromatic heterocycles. The third kappa shape index (κ3) is 14.1. The SMILES string of the molecule is CCCCCCC=CP(=O)(O)CCC(=O)Cl.Cl. The Bertz CT molecular complexity index is 280. The van der Waals surface area contributed by atoms with E-state index in [0.717, 1.165) is 19.3 Å². The highest BCUT2D eigenvalue weighted by Gasteiger charge is 2.14. The van der Waals surface area contributed by atoms with E-state index < -0.39 is 12.6 Å². The quantitative estimate of drug-likeness (QED) is 0.392. The molecule has 0 aliphatic heterocycles. The van der Waals surface area contributed by atoms with Crippen LogP contribution in [0.1, 0.15) is 45.4 Å². The molecule has 0 heterocycles. The molecule has 1 atom stereocenters. The normalized spacial score (nSPS) is 14.3. The Balaban J connectivity index is 0. The zero-order chi connectivity index (χ0) is 12.4. The molecule has 0 rings (SSSR count). The Morgan fingerprint density at radius 3 is 2.53 bits per heavy atom. The molecule has 0 aromatic carbocycles. The van der Waals surface area contributed by atoms with Gasteiger partial charge < -0.3 is 4.89 Å². The molecule has 0 aliphatic rings. The predicted octanol–water partition coefficient (Wildman–Crippen LogP) is 4.32. The molecule has 0 bridgehead atoms. The predicted molar refractivity (Wildman–Crippen MR) is 75.3 cm³/mol. The van der Waals surface area contributed by atoms with Gasteiger partial charge in [-0.25, -0.2) is 0 Å². The van der Waals surface area contributed by atoms with Gasteiger partial charge in [-0.2, -0.15) is 0 Å². The van der Waals surface area contributed by atoms with Crippen molar-refractivity contribution in [1.82, 2.24) is 0 Å². The van der Waals surface area contributed by atoms with Gasteiger partial charge in [0.15, 0.2) is 0 Å². The fourth-order valence-corrected chi connectivity index (χ4v) is 2.63. The average Bonchev–Trinajstić information content (AvgIpc) is 2.21. The van der Waals surface area contributed by atoms with Crippen LogP contribution in [0.5, 0.6) is 0 Å². The van der Waals surface area contributed by atoms with Crippen LogP contribution in [0.2, 0.25) is 0 Å². The van der Waals surface area contributed by atoms with Gasteiger partial charge in [0.05, 0.1) is 0 Å². The molecule has 0 spiro atoms. The Morgan fingerprint density at radius 2 is 2.00 bits per heavy atom. The van der Waals surface area contributed by atoms with Gasteiger partial charge in [0.2, 0.25) is 12.6 Å². The fourth-order valence-electron chi connectivity index (χ4n) is 1.25. The lowest BCUT2D eigenvalue weighted by atomic mass is 10.2. The van der Waals surface area contributed by atoms with E-state index in [1.165, 1.54) is 18.7 Å². The molecule has 1 unspecified atom stereocenters. The molecule has 102 valence electrons. The summed E-state index contributed by atoms with van der Waals surface area (Å²) in [6.07, 6.45) is 7.02. The zero-order valence-electron chi connectivity index (χ0n) is 10.1. The molecule has 3 nitrogen and oxygen atoms in total. The molecule has 0 amide bonds. The first kappa shape index (κ1) is 19.5. The minimum atomic E-state index is -3.29. The summed E-state index contributed by atoms with van der Waals surface area (Å²) in [5.74, 6) is 1.33. The molecule has 0 saturated heterocycles. The molecule has 6 heteroatoms. The van der Waals surface area contributed by atoms with Crippen LogP contribution in [0, 0.1) is 0 Å². The first-order valence-corrected chi connectivity index (χ1v) is 7.94. The van der Waals surface area contributed by atoms with E-state index in [2.05, 4.69) is 6.92 Å². The number of hydrogen-bond donors (Lipinski definition) is 1. The minimum absolute atomic E-state index is 0. The third-order valence-corrected chi connectivity index (χ3v) is 3.92. The van der Waals surface area contributed by atoms with Crippen LogP contribution in [0.4, 0.5) is 0 Å². The van der Waals surface area contributed by atoms with Gasteiger partial charge in [-0.05, 0) is 30.3 Å². The highest BCUT2D eigenvalue weighted by atomic mass is 35.5. The Kier molecular flexibility index (Phi) is 13.0. The minimum Gasteiger partial charge on any atom is -0.341 e. The van der Waals surface area contributed by atoms with Crippen molar-refractivity contribution in [3.63, 3.8) is 0 Å². The molecular weight excluding hydrogens is 282 g/mol. The highest BCUT2D eigenvalue weighted by Crippen LogP contribution is 2.43. The standard InChI is InChI=1S/C11H20ClO3P.ClH/c1-2-3-4-5-6-7-9-16(14,15)10-8-11(12)13;/h7,9H,2-6,8,10H2,1H3,(H,14,15);1H. The molecule has 0 saturated carbocycles. The maximum absolute atomic E-state index is 11.5. The Morgan fingerprint density at radius 1 is 1.35 bits per heavy atom. The number of hydrogen-bond acceptors (Lipinski definition) is 2. The molecule has 1 N–H and O–H groups in total. The van der Waals surface area contributed by atoms with Crippen LogP contribution in [-0.4, -0.2) is 16.3 Å². The van der Waals surface area contributed by atoms with Crippen LogP contribution in [0.25, 0.3) is 0 Å². The molecular formula is C11H21Cl2O3P. The summed E-state index contributed by atoms with van der Waals surface area (Å²) >= 11 is 5.11. The zero-order valence-corrected chi connectivity index (χ0v) is 12.6. The van der Waals surface area contributed by atoms with Crippen molar-refractivity contribution < 1.29 is 14.3 Å². The summed E-state index contributed by atoms with van der Waals surface area (Å²) in [4.78, 5) is 19.9. The summed E-state index contributed by atoms with van der Waals surface area (Å²) in [6, 6.07) is 0. The van der Waals surface area contributed by atoms with Crippen molar-refractivity contribution in [3.05, 3.63) is 11.9 Å². The van der Waals surface area contributed by atoms with Gasteiger partial charge in [0.1, 0.15) is 0 Å². The lowest BCUT2D eigenvalue weighted by Gasteiger charge is -2.03. The van der Waals surface area contributed by atoms with Crippen LogP contribution in [0.3, 0.4) is 0 Å². The lowest BCUT2D eigenvalue weighted by molar-refractivity contribution is -0.111. The summed E-state index contributed by atoms with van der Waals surface area (Å²) in [5.41, 5.74) is 0. The van der Waals surface area contributed by atoms with Crippen molar-refractivity contribution in [1.29, 1.82) is 0 Å². The fraction of sp³-hybridized carbons (Fsp3) is 0.727. The number of allylic oxidation sites excluding steroid dienone is 1. The topological polar surface area (TPSA) is 54.4 Å². The van der Waals surface area contributed by atoms with E-state index in [1.54, 1.807) is 6.08 Å². The van der Waals surface area contributed by atoms with Crippen molar-refractivity contribution in [2.45, 2.75) is 45.4 Å². The van der Waals surface area contributed by atoms with Crippen molar-refractivity contribution in [3.8, 4) is 0 Å². The summed E-state index contributed by atoms with van der Waals surface area (Å²) in [5, 5.41) is -0.564. The monoisotopic (exact) mass is 302 g/mol. The molecule has 0 aromatic rings. The van der Waals surface area contributed by atoms with Crippen molar-refractivity contribution >= 4 is 36.6 Å². The van der Waals surface area contributed by atoms with Gasteiger partial charge in [-0.3, -0.25) is 9.36 Å². The molecule has 0 radical (unpaired) electrons. The second kappa shape index (κ2) is 11.3.